The summed E-state index contributed by atoms with van der Waals surface area (Å²) in [5.74, 6) is -1.86. The molecule has 0 heterocycles. The van der Waals surface area contributed by atoms with Gasteiger partial charge in [0, 0.05) is 11.9 Å². The van der Waals surface area contributed by atoms with Crippen molar-refractivity contribution < 1.29 is 14.7 Å². The smallest absolute Gasteiger partial charge is 0.326 e. The van der Waals surface area contributed by atoms with Gasteiger partial charge in [-0.25, -0.2) is 4.79 Å². The summed E-state index contributed by atoms with van der Waals surface area (Å²) in [6, 6.07) is 8.35. The van der Waals surface area contributed by atoms with Crippen LogP contribution >= 0.6 is 0 Å². The lowest BCUT2D eigenvalue weighted by Gasteiger charge is -2.17. The topological polar surface area (TPSA) is 102 Å². The van der Waals surface area contributed by atoms with E-state index < -0.39 is 17.9 Å². The Morgan fingerprint density at radius 1 is 1.21 bits per heavy atom. The van der Waals surface area contributed by atoms with Crippen LogP contribution < -0.4 is 10.6 Å². The van der Waals surface area contributed by atoms with Crippen LogP contribution in [0, 0.1) is 17.2 Å². The number of para-hydroxylation sites is 1. The molecule has 0 fully saturated rings. The van der Waals surface area contributed by atoms with E-state index in [1.807, 2.05) is 38.1 Å². The zero-order chi connectivity index (χ0) is 18.3. The van der Waals surface area contributed by atoms with E-state index in [0.29, 0.717) is 0 Å². The first kappa shape index (κ1) is 19.2. The molecule has 1 aromatic rings. The number of rotatable bonds is 7. The number of hydrogen-bond acceptors (Lipinski definition) is 4. The quantitative estimate of drug-likeness (QED) is 0.527. The van der Waals surface area contributed by atoms with Crippen LogP contribution in [0.4, 0.5) is 5.69 Å². The minimum Gasteiger partial charge on any atom is -0.480 e. The standard InChI is InChI=1S/C18H23N3O3/c1-11(2)14-7-5-6-8-15(14)20-10-13(9-19)17(22)21-16(12(3)4)18(23)24/h5-8,10-12,16,20H,1-4H3,(H,21,22)(H,23,24)/b13-10-. The normalized spacial score (nSPS) is 12.6. The number of nitrogens with one attached hydrogen (secondary N) is 2. The molecule has 3 N–H and O–H groups in total. The number of hydrogen-bond donors (Lipinski definition) is 3. The van der Waals surface area contributed by atoms with Gasteiger partial charge in [0.2, 0.25) is 0 Å². The number of nitrogens with zero attached hydrogens (tertiary/aromatic N) is 1. The molecule has 1 amide bonds. The van der Waals surface area contributed by atoms with Gasteiger partial charge < -0.3 is 15.7 Å². The maximum absolute atomic E-state index is 12.1. The number of carbonyl (C=O) groups is 2. The van der Waals surface area contributed by atoms with Crippen LogP contribution in [0.1, 0.15) is 39.2 Å². The Morgan fingerprint density at radius 2 is 1.83 bits per heavy atom. The van der Waals surface area contributed by atoms with E-state index in [0.717, 1.165) is 11.3 Å². The van der Waals surface area contributed by atoms with E-state index >= 15 is 0 Å². The highest BCUT2D eigenvalue weighted by molar-refractivity contribution is 5.99. The zero-order valence-electron chi connectivity index (χ0n) is 14.3. The molecule has 1 rings (SSSR count). The number of carbonyl (C=O) groups excluding carboxylic acids is 1. The number of aliphatic carboxylic acids is 1. The van der Waals surface area contributed by atoms with Crippen molar-refractivity contribution in [3.63, 3.8) is 0 Å². The summed E-state index contributed by atoms with van der Waals surface area (Å²) < 4.78 is 0. The Morgan fingerprint density at radius 3 is 2.33 bits per heavy atom. The van der Waals surface area contributed by atoms with E-state index in [-0.39, 0.29) is 17.4 Å². The average Bonchev–Trinajstić information content (AvgIpc) is 2.52. The number of nitriles is 1. The molecular weight excluding hydrogens is 306 g/mol. The molecule has 0 radical (unpaired) electrons. The Balaban J connectivity index is 2.94. The Labute approximate surface area is 142 Å². The molecule has 128 valence electrons. The maximum atomic E-state index is 12.1. The molecule has 0 saturated heterocycles. The maximum Gasteiger partial charge on any atom is 0.326 e. The van der Waals surface area contributed by atoms with Crippen molar-refractivity contribution in [3.8, 4) is 6.07 Å². The van der Waals surface area contributed by atoms with Crippen LogP contribution in [0.25, 0.3) is 0 Å². The first-order valence-electron chi connectivity index (χ1n) is 7.77. The molecule has 6 nitrogen and oxygen atoms in total. The molecule has 0 saturated carbocycles. The van der Waals surface area contributed by atoms with E-state index in [2.05, 4.69) is 10.6 Å². The summed E-state index contributed by atoms with van der Waals surface area (Å²) in [7, 11) is 0. The van der Waals surface area contributed by atoms with Crippen molar-refractivity contribution in [1.82, 2.24) is 5.32 Å². The highest BCUT2D eigenvalue weighted by Gasteiger charge is 2.24. The highest BCUT2D eigenvalue weighted by Crippen LogP contribution is 2.23. The second-order valence-electron chi connectivity index (χ2n) is 6.09. The molecule has 0 bridgehead atoms. The third-order valence-corrected chi connectivity index (χ3v) is 3.54. The average molecular weight is 329 g/mol. The zero-order valence-corrected chi connectivity index (χ0v) is 14.3. The summed E-state index contributed by atoms with van der Waals surface area (Å²) in [5.41, 5.74) is 1.67. The van der Waals surface area contributed by atoms with Crippen molar-refractivity contribution in [2.45, 2.75) is 39.7 Å². The van der Waals surface area contributed by atoms with Gasteiger partial charge in [-0.1, -0.05) is 45.9 Å². The van der Waals surface area contributed by atoms with Crippen LogP contribution in [-0.2, 0) is 9.59 Å². The van der Waals surface area contributed by atoms with Crippen molar-refractivity contribution in [1.29, 1.82) is 5.26 Å². The van der Waals surface area contributed by atoms with Crippen molar-refractivity contribution in [3.05, 3.63) is 41.6 Å². The molecular formula is C18H23N3O3. The van der Waals surface area contributed by atoms with Crippen molar-refractivity contribution >= 4 is 17.6 Å². The molecule has 0 aromatic heterocycles. The minimum atomic E-state index is -1.13. The van der Waals surface area contributed by atoms with E-state index in [1.54, 1.807) is 19.9 Å². The summed E-state index contributed by atoms with van der Waals surface area (Å²) >= 11 is 0. The SMILES string of the molecule is CC(C)c1ccccc1N/C=C(/C#N)C(=O)NC(C(=O)O)C(C)C. The van der Waals surface area contributed by atoms with Crippen molar-refractivity contribution in [2.24, 2.45) is 5.92 Å². The molecule has 0 spiro atoms. The number of anilines is 1. The number of carboxylic acids is 1. The largest absolute Gasteiger partial charge is 0.480 e. The van der Waals surface area contributed by atoms with E-state index in [1.165, 1.54) is 6.20 Å². The van der Waals surface area contributed by atoms with Gasteiger partial charge in [-0.3, -0.25) is 4.79 Å². The Kier molecular flexibility index (Phi) is 6.99. The molecule has 0 aliphatic carbocycles. The number of benzene rings is 1. The number of carboxylic acid groups (broad SMARTS) is 1. The van der Waals surface area contributed by atoms with Gasteiger partial charge in [-0.05, 0) is 23.5 Å². The highest BCUT2D eigenvalue weighted by atomic mass is 16.4. The van der Waals surface area contributed by atoms with Gasteiger partial charge in [0.25, 0.3) is 5.91 Å². The molecule has 6 heteroatoms. The first-order valence-corrected chi connectivity index (χ1v) is 7.77. The number of amides is 1. The molecule has 0 aliphatic heterocycles. The second-order valence-corrected chi connectivity index (χ2v) is 6.09. The van der Waals surface area contributed by atoms with Gasteiger partial charge in [0.1, 0.15) is 17.7 Å². The van der Waals surface area contributed by atoms with Gasteiger partial charge in [0.05, 0.1) is 0 Å². The summed E-state index contributed by atoms with van der Waals surface area (Å²) in [6.07, 6.45) is 1.30. The summed E-state index contributed by atoms with van der Waals surface area (Å²) in [5, 5.41) is 23.6. The third-order valence-electron chi connectivity index (χ3n) is 3.54. The third kappa shape index (κ3) is 5.13. The molecule has 1 atom stereocenters. The minimum absolute atomic E-state index is 0.180. The molecule has 1 aromatic carbocycles. The second kappa shape index (κ2) is 8.73. The van der Waals surface area contributed by atoms with Gasteiger partial charge >= 0.3 is 5.97 Å². The Bertz CT molecular complexity index is 672. The van der Waals surface area contributed by atoms with E-state index in [9.17, 15) is 14.9 Å². The van der Waals surface area contributed by atoms with Crippen molar-refractivity contribution in [2.75, 3.05) is 5.32 Å². The predicted octanol–water partition coefficient (Wildman–Crippen LogP) is 2.85. The monoisotopic (exact) mass is 329 g/mol. The van der Waals surface area contributed by atoms with Crippen LogP contribution in [0.15, 0.2) is 36.0 Å². The summed E-state index contributed by atoms with van der Waals surface area (Å²) in [6.45, 7) is 7.46. The predicted molar refractivity (Wildman–Crippen MR) is 92.3 cm³/mol. The van der Waals surface area contributed by atoms with Crippen LogP contribution in [0.2, 0.25) is 0 Å². The van der Waals surface area contributed by atoms with Gasteiger partial charge in [-0.15, -0.1) is 0 Å². The lowest BCUT2D eigenvalue weighted by Crippen LogP contribution is -2.44. The van der Waals surface area contributed by atoms with Crippen LogP contribution in [0.5, 0.6) is 0 Å². The summed E-state index contributed by atoms with van der Waals surface area (Å²) in [4.78, 5) is 23.3. The van der Waals surface area contributed by atoms with Gasteiger partial charge in [0.15, 0.2) is 0 Å². The van der Waals surface area contributed by atoms with Crippen LogP contribution in [-0.4, -0.2) is 23.0 Å². The molecule has 24 heavy (non-hydrogen) atoms. The molecule has 1 unspecified atom stereocenters. The first-order chi connectivity index (χ1) is 11.3. The lowest BCUT2D eigenvalue weighted by atomic mass is 10.0. The fraction of sp³-hybridized carbons (Fsp3) is 0.389. The molecule has 0 aliphatic rings. The lowest BCUT2D eigenvalue weighted by molar-refractivity contribution is -0.142. The van der Waals surface area contributed by atoms with Crippen LogP contribution in [0.3, 0.4) is 0 Å². The van der Waals surface area contributed by atoms with Gasteiger partial charge in [-0.2, -0.15) is 5.26 Å². The Hall–Kier alpha value is -2.81. The fourth-order valence-electron chi connectivity index (χ4n) is 2.16. The fourth-order valence-corrected chi connectivity index (χ4v) is 2.16. The van der Waals surface area contributed by atoms with E-state index in [4.69, 9.17) is 5.11 Å².